The Balaban J connectivity index is 0.00000124. The maximum atomic E-state index is 12.9. The minimum atomic E-state index is -4.94. The molecule has 13 nitrogen and oxygen atoms in total. The first-order chi connectivity index (χ1) is 17.9. The molecule has 41 heavy (non-hydrogen) atoms. The van der Waals surface area contributed by atoms with Gasteiger partial charge in [-0.25, -0.2) is 13.2 Å². The number of nitrogens with zero attached hydrogens (tertiary/aromatic N) is 2. The summed E-state index contributed by atoms with van der Waals surface area (Å²) in [5.74, 6) is -2.88. The van der Waals surface area contributed by atoms with Crippen molar-refractivity contribution in [1.82, 2.24) is 19.8 Å². The van der Waals surface area contributed by atoms with E-state index in [4.69, 9.17) is 9.84 Å². The van der Waals surface area contributed by atoms with Gasteiger partial charge >= 0.3 is 24.4 Å². The summed E-state index contributed by atoms with van der Waals surface area (Å²) in [6.07, 6.45) is -5.72. The van der Waals surface area contributed by atoms with Crippen molar-refractivity contribution in [2.75, 3.05) is 39.3 Å². The van der Waals surface area contributed by atoms with Gasteiger partial charge in [0.25, 0.3) is 0 Å². The summed E-state index contributed by atoms with van der Waals surface area (Å²) in [5, 5.41) is 23.8. The lowest BCUT2D eigenvalue weighted by atomic mass is 10.2. The van der Waals surface area contributed by atoms with Crippen molar-refractivity contribution in [3.63, 3.8) is 0 Å². The van der Waals surface area contributed by atoms with Crippen molar-refractivity contribution in [2.45, 2.75) is 49.7 Å². The van der Waals surface area contributed by atoms with E-state index in [-0.39, 0.29) is 37.9 Å². The molecule has 236 valence electrons. The van der Waals surface area contributed by atoms with E-state index in [2.05, 4.69) is 15.4 Å². The number of benzene rings is 1. The lowest BCUT2D eigenvalue weighted by Gasteiger charge is -2.38. The summed E-state index contributed by atoms with van der Waals surface area (Å²) in [7, 11) is -4.36. The lowest BCUT2D eigenvalue weighted by Crippen LogP contribution is -2.59. The maximum absolute atomic E-state index is 12.9. The zero-order chi connectivity index (χ0) is 29.6. The Hall–Kier alpha value is -2.57. The Morgan fingerprint density at radius 3 is 1.98 bits per heavy atom. The summed E-state index contributed by atoms with van der Waals surface area (Å²) < 4.78 is 72.1. The predicted octanol–water partition coefficient (Wildman–Crippen LogP) is 1.76. The zero-order valence-electron chi connectivity index (χ0n) is 22.2. The molecule has 3 rings (SSSR count). The van der Waals surface area contributed by atoms with Crippen molar-refractivity contribution >= 4 is 52.9 Å². The van der Waals surface area contributed by atoms with Crippen LogP contribution in [0.5, 0.6) is 5.75 Å². The zero-order valence-corrected chi connectivity index (χ0v) is 24.7. The second-order valence-electron chi connectivity index (χ2n) is 9.46. The Labute approximate surface area is 247 Å². The van der Waals surface area contributed by atoms with Gasteiger partial charge in [0, 0.05) is 32.7 Å². The molecular formula is C22H33Cl2F3N4O9S. The van der Waals surface area contributed by atoms with Gasteiger partial charge in [-0.2, -0.15) is 4.31 Å². The summed E-state index contributed by atoms with van der Waals surface area (Å²) in [6.45, 7) is 6.15. The molecular weight excluding hydrogens is 624 g/mol. The van der Waals surface area contributed by atoms with Crippen LogP contribution in [0.3, 0.4) is 0 Å². The topological polar surface area (TPSA) is 175 Å². The van der Waals surface area contributed by atoms with Crippen LogP contribution < -0.4 is 15.4 Å². The number of amides is 1. The number of hydrogen-bond acceptors (Lipinski definition) is 9. The summed E-state index contributed by atoms with van der Waals surface area (Å²) in [5.41, 5.74) is -0.820. The third-order valence-corrected chi connectivity index (χ3v) is 7.19. The van der Waals surface area contributed by atoms with E-state index >= 15 is 0 Å². The Kier molecular flexibility index (Phi) is 14.6. The van der Waals surface area contributed by atoms with Gasteiger partial charge in [-0.15, -0.1) is 38.0 Å². The van der Waals surface area contributed by atoms with Crippen molar-refractivity contribution < 1.29 is 55.7 Å². The second-order valence-corrected chi connectivity index (χ2v) is 11.4. The Morgan fingerprint density at radius 2 is 1.56 bits per heavy atom. The van der Waals surface area contributed by atoms with Crippen LogP contribution in [-0.2, 0) is 24.3 Å². The first-order valence-electron chi connectivity index (χ1n) is 11.7. The highest BCUT2D eigenvalue weighted by Gasteiger charge is 2.42. The molecule has 0 unspecified atom stereocenters. The fraction of sp³-hybridized carbons (Fsp3) is 0.591. The van der Waals surface area contributed by atoms with Gasteiger partial charge < -0.3 is 35.2 Å². The molecule has 0 bridgehead atoms. The van der Waals surface area contributed by atoms with Crippen LogP contribution in [0.1, 0.15) is 20.8 Å². The molecule has 1 aromatic rings. The van der Waals surface area contributed by atoms with Crippen LogP contribution in [0.4, 0.5) is 18.0 Å². The number of halogens is 5. The number of carbonyl (C=O) groups excluding carboxylic acids is 1. The number of sulfonamides is 1. The van der Waals surface area contributed by atoms with E-state index in [1.807, 2.05) is 0 Å². The van der Waals surface area contributed by atoms with Gasteiger partial charge in [0.1, 0.15) is 23.4 Å². The van der Waals surface area contributed by atoms with E-state index in [0.717, 1.165) is 42.3 Å². The molecule has 0 radical (unpaired) electrons. The van der Waals surface area contributed by atoms with E-state index in [0.29, 0.717) is 10.8 Å². The number of alkyl halides is 3. The molecule has 19 heteroatoms. The highest BCUT2D eigenvalue weighted by molar-refractivity contribution is 7.89. The predicted molar refractivity (Wildman–Crippen MR) is 143 cm³/mol. The van der Waals surface area contributed by atoms with Crippen molar-refractivity contribution in [3.8, 4) is 5.75 Å². The third kappa shape index (κ3) is 12.1. The van der Waals surface area contributed by atoms with Crippen LogP contribution in [0.15, 0.2) is 29.2 Å². The highest BCUT2D eigenvalue weighted by atomic mass is 35.5. The fourth-order valence-corrected chi connectivity index (χ4v) is 5.09. The molecule has 0 spiro atoms. The minimum Gasteiger partial charge on any atom is -0.480 e. The SMILES string of the molecule is CC(C)(C)OC(=O)N1CCN(S(=O)(=O)c2ccc(OC(F)(F)F)cc2)[C@@H](C(=O)O)C1.Cl.Cl.O=C(O)[C@H]1CNCCN1. The lowest BCUT2D eigenvalue weighted by molar-refractivity contribution is -0.274. The maximum Gasteiger partial charge on any atom is 0.573 e. The van der Waals surface area contributed by atoms with Crippen molar-refractivity contribution in [3.05, 3.63) is 24.3 Å². The number of nitrogens with one attached hydrogen (secondary N) is 2. The number of hydrogen-bond donors (Lipinski definition) is 4. The molecule has 0 saturated carbocycles. The molecule has 2 aliphatic heterocycles. The number of piperazine rings is 2. The smallest absolute Gasteiger partial charge is 0.480 e. The van der Waals surface area contributed by atoms with Gasteiger partial charge in [-0.3, -0.25) is 9.59 Å². The summed E-state index contributed by atoms with van der Waals surface area (Å²) in [4.78, 5) is 34.8. The van der Waals surface area contributed by atoms with Crippen LogP contribution in [0, 0.1) is 0 Å². The van der Waals surface area contributed by atoms with Crippen LogP contribution in [-0.4, -0.2) is 109 Å². The first-order valence-corrected chi connectivity index (χ1v) is 13.1. The summed E-state index contributed by atoms with van der Waals surface area (Å²) in [6, 6.07) is 1.41. The number of ether oxygens (including phenoxy) is 2. The third-order valence-electron chi connectivity index (χ3n) is 5.27. The molecule has 2 atom stereocenters. The molecule has 4 N–H and O–H groups in total. The van der Waals surface area contributed by atoms with Gasteiger partial charge in [0.15, 0.2) is 0 Å². The van der Waals surface area contributed by atoms with Crippen LogP contribution in [0.25, 0.3) is 0 Å². The monoisotopic (exact) mass is 656 g/mol. The summed E-state index contributed by atoms with van der Waals surface area (Å²) >= 11 is 0. The molecule has 1 amide bonds. The molecule has 1 aromatic carbocycles. The number of carboxylic acid groups (broad SMARTS) is 2. The molecule has 2 fully saturated rings. The molecule has 2 heterocycles. The highest BCUT2D eigenvalue weighted by Crippen LogP contribution is 2.27. The van der Waals surface area contributed by atoms with E-state index in [1.54, 1.807) is 20.8 Å². The number of carboxylic acids is 2. The van der Waals surface area contributed by atoms with Crippen molar-refractivity contribution in [1.29, 1.82) is 0 Å². The molecule has 0 aliphatic carbocycles. The van der Waals surface area contributed by atoms with Gasteiger partial charge in [0.05, 0.1) is 11.4 Å². The average Bonchev–Trinajstić information content (AvgIpc) is 2.83. The average molecular weight is 657 g/mol. The molecule has 2 aliphatic rings. The first kappa shape index (κ1) is 38.4. The Morgan fingerprint density at radius 1 is 0.976 bits per heavy atom. The number of carbonyl (C=O) groups is 3. The molecule has 2 saturated heterocycles. The quantitative estimate of drug-likeness (QED) is 0.363. The van der Waals surface area contributed by atoms with E-state index in [9.17, 15) is 41.1 Å². The van der Waals surface area contributed by atoms with Crippen molar-refractivity contribution in [2.24, 2.45) is 0 Å². The van der Waals surface area contributed by atoms with Gasteiger partial charge in [-0.1, -0.05) is 0 Å². The fourth-order valence-electron chi connectivity index (χ4n) is 3.52. The minimum absolute atomic E-state index is 0. The number of rotatable bonds is 5. The normalized spacial score (nSPS) is 19.8. The van der Waals surface area contributed by atoms with Gasteiger partial charge in [0.2, 0.25) is 10.0 Å². The second kappa shape index (κ2) is 15.6. The van der Waals surface area contributed by atoms with E-state index < -0.39 is 69.3 Å². The standard InChI is InChI=1S/C17H21F3N2O7S.C5H10N2O2.2ClH/c1-16(2,3)29-15(25)21-8-9-22(13(10-21)14(23)24)30(26,27)12-6-4-11(5-7-12)28-17(18,19)20;8-5(9)4-3-6-1-2-7-4;;/h4-7,13H,8-10H2,1-3H3,(H,23,24);4,6-7H,1-3H2,(H,8,9);2*1H/t13-;4-;;/m11../s1. The van der Waals surface area contributed by atoms with Gasteiger partial charge in [-0.05, 0) is 45.0 Å². The largest absolute Gasteiger partial charge is 0.573 e. The Bertz CT molecular complexity index is 1130. The van der Waals surface area contributed by atoms with Crippen LogP contribution >= 0.6 is 24.8 Å². The van der Waals surface area contributed by atoms with E-state index in [1.165, 1.54) is 0 Å². The van der Waals surface area contributed by atoms with Crippen LogP contribution in [0.2, 0.25) is 0 Å². The molecule has 0 aromatic heterocycles. The number of aliphatic carboxylic acids is 2.